The van der Waals surface area contributed by atoms with E-state index in [0.29, 0.717) is 11.7 Å². The van der Waals surface area contributed by atoms with Crippen LogP contribution in [0.15, 0.2) is 11.5 Å². The molecule has 0 spiro atoms. The molecule has 0 saturated carbocycles. The number of rotatable bonds is 11. The summed E-state index contributed by atoms with van der Waals surface area (Å²) in [5.41, 5.74) is -0.952. The van der Waals surface area contributed by atoms with Gasteiger partial charge in [0.25, 0.3) is 5.76 Å². The van der Waals surface area contributed by atoms with Gasteiger partial charge in [0.15, 0.2) is 0 Å². The number of esters is 1. The van der Waals surface area contributed by atoms with E-state index >= 15 is 0 Å². The molecule has 0 aromatic heterocycles. The van der Waals surface area contributed by atoms with Gasteiger partial charge in [-0.2, -0.15) is 13.2 Å². The number of hydrogen-bond donors (Lipinski definition) is 2. The molecule has 0 unspecified atom stereocenters. The van der Waals surface area contributed by atoms with E-state index in [1.165, 1.54) is 25.7 Å². The van der Waals surface area contributed by atoms with Crippen molar-refractivity contribution < 1.29 is 33.1 Å². The van der Waals surface area contributed by atoms with Crippen molar-refractivity contribution in [2.24, 2.45) is 0 Å². The highest BCUT2D eigenvalue weighted by atomic mass is 19.4. The maximum Gasteiger partial charge on any atom is 0.455 e. The van der Waals surface area contributed by atoms with Crippen LogP contribution >= 0.6 is 0 Å². The highest BCUT2D eigenvalue weighted by Crippen LogP contribution is 2.24. The quantitative estimate of drug-likeness (QED) is 0.201. The largest absolute Gasteiger partial charge is 0.500 e. The van der Waals surface area contributed by atoms with Crippen LogP contribution in [0.1, 0.15) is 58.3 Å². The highest BCUT2D eigenvalue weighted by Gasteiger charge is 2.40. The number of aliphatic hydroxyl groups excluding tert-OH is 1. The van der Waals surface area contributed by atoms with E-state index in [1.54, 1.807) is 0 Å². The number of allylic oxidation sites excluding steroid dienone is 1. The number of halogens is 3. The van der Waals surface area contributed by atoms with Crippen LogP contribution in [0.3, 0.4) is 0 Å². The Kier molecular flexibility index (Phi) is 10.7. The average molecular weight is 325 g/mol. The summed E-state index contributed by atoms with van der Waals surface area (Å²) < 4.78 is 41.6. The first-order valence-electron chi connectivity index (χ1n) is 7.64. The Bertz CT molecular complexity index is 354. The second-order valence-electron chi connectivity index (χ2n) is 5.07. The van der Waals surface area contributed by atoms with E-state index in [1.807, 2.05) is 0 Å². The molecule has 0 aliphatic heterocycles. The van der Waals surface area contributed by atoms with Crippen LogP contribution in [0.25, 0.3) is 0 Å². The lowest BCUT2D eigenvalue weighted by Crippen LogP contribution is -2.77. The Labute approximate surface area is 129 Å². The van der Waals surface area contributed by atoms with Gasteiger partial charge in [-0.3, -0.25) is 0 Å². The Balaban J connectivity index is 3.94. The first kappa shape index (κ1) is 20.8. The fourth-order valence-electron chi connectivity index (χ4n) is 1.91. The van der Waals surface area contributed by atoms with Crippen molar-refractivity contribution in [3.8, 4) is 0 Å². The van der Waals surface area contributed by atoms with Crippen LogP contribution in [0, 0.1) is 7.05 Å². The van der Waals surface area contributed by atoms with Gasteiger partial charge in [0.1, 0.15) is 0 Å². The number of nitrogens with two attached hydrogens (primary N) is 1. The minimum Gasteiger partial charge on any atom is -0.500 e. The summed E-state index contributed by atoms with van der Waals surface area (Å²) >= 11 is 0. The van der Waals surface area contributed by atoms with E-state index in [0.717, 1.165) is 19.3 Å². The molecule has 0 aliphatic rings. The molecule has 0 fully saturated rings. The zero-order valence-electron chi connectivity index (χ0n) is 13.0. The average Bonchev–Trinajstić information content (AvgIpc) is 2.45. The zero-order valence-corrected chi connectivity index (χ0v) is 13.0. The maximum atomic E-state index is 12.3. The summed E-state index contributed by atoms with van der Waals surface area (Å²) in [5.74, 6) is -3.17. The summed E-state index contributed by atoms with van der Waals surface area (Å²) in [4.78, 5) is 11.5. The molecule has 0 rings (SSSR count). The first-order chi connectivity index (χ1) is 10.3. The van der Waals surface area contributed by atoms with Crippen molar-refractivity contribution in [1.82, 2.24) is 0 Å². The van der Waals surface area contributed by atoms with Crippen LogP contribution < -0.4 is 5.32 Å². The van der Waals surface area contributed by atoms with Crippen LogP contribution in [0.4, 0.5) is 13.2 Å². The Morgan fingerprint density at radius 3 is 2.05 bits per heavy atom. The van der Waals surface area contributed by atoms with Crippen LogP contribution in [-0.4, -0.2) is 23.9 Å². The number of carbonyl (C=O) groups excluding carboxylic acids is 1. The molecule has 0 aromatic carbocycles. The number of ether oxygens (including phenoxy) is 1. The number of hydrogen-bond acceptors (Lipinski definition) is 3. The third-order valence-corrected chi connectivity index (χ3v) is 3.18. The van der Waals surface area contributed by atoms with Crippen molar-refractivity contribution in [2.45, 2.75) is 64.5 Å². The van der Waals surface area contributed by atoms with E-state index < -0.39 is 23.6 Å². The molecule has 3 N–H and O–H groups in total. The molecule has 7 heteroatoms. The van der Waals surface area contributed by atoms with Gasteiger partial charge in [-0.25, -0.2) is 4.79 Å². The van der Waals surface area contributed by atoms with Gasteiger partial charge >= 0.3 is 12.1 Å². The van der Waals surface area contributed by atoms with Crippen LogP contribution in [-0.2, 0) is 9.53 Å². The number of unbranched alkanes of at least 4 members (excludes halogenated alkanes) is 7. The summed E-state index contributed by atoms with van der Waals surface area (Å²) in [7, 11) is 3.09. The van der Waals surface area contributed by atoms with Gasteiger partial charge in [0.05, 0.1) is 6.61 Å². The summed E-state index contributed by atoms with van der Waals surface area (Å²) in [6.45, 7) is 2.19. The molecule has 0 amide bonds. The van der Waals surface area contributed by atoms with E-state index in [-0.39, 0.29) is 6.61 Å². The minimum atomic E-state index is -4.99. The third-order valence-electron chi connectivity index (χ3n) is 3.18. The monoisotopic (exact) mass is 325 g/mol. The smallest absolute Gasteiger partial charge is 0.455 e. The topological polar surface area (TPSA) is 63.1 Å². The second kappa shape index (κ2) is 11.3. The lowest BCUT2D eigenvalue weighted by atomic mass is 10.1. The molecule has 130 valence electrons. The van der Waals surface area contributed by atoms with Gasteiger partial charge in [-0.15, -0.1) is 7.05 Å². The van der Waals surface area contributed by atoms with Crippen molar-refractivity contribution >= 4 is 5.97 Å². The van der Waals surface area contributed by atoms with Gasteiger partial charge in [-0.1, -0.05) is 51.9 Å². The molecule has 0 aliphatic carbocycles. The molecule has 0 heterocycles. The first-order valence-corrected chi connectivity index (χ1v) is 7.64. The lowest BCUT2D eigenvalue weighted by Gasteiger charge is -2.11. The maximum absolute atomic E-state index is 12.3. The van der Waals surface area contributed by atoms with Crippen LogP contribution in [0.2, 0.25) is 0 Å². The fraction of sp³-hybridized carbons (Fsp3) is 0.733. The molecular formula is C15H26F3NO3. The Hall–Kier alpha value is -1.24. The number of quaternary nitrogens is 1. The normalized spacial score (nSPS) is 13.0. The molecule has 0 aromatic rings. The predicted molar refractivity (Wildman–Crippen MR) is 76.6 cm³/mol. The SMILES string of the molecule is [CH2-][NH2+]/C(C(=O)OCCCCCCCCCC)=C(/O)C(F)(F)F. The second-order valence-corrected chi connectivity index (χ2v) is 5.07. The number of carbonyl (C=O) groups is 1. The van der Waals surface area contributed by atoms with Crippen molar-refractivity contribution in [2.75, 3.05) is 6.61 Å². The molecule has 4 nitrogen and oxygen atoms in total. The molecule has 22 heavy (non-hydrogen) atoms. The summed E-state index contributed by atoms with van der Waals surface area (Å²) in [5, 5.41) is 9.59. The van der Waals surface area contributed by atoms with Crippen molar-refractivity contribution in [1.29, 1.82) is 0 Å². The highest BCUT2D eigenvalue weighted by molar-refractivity contribution is 5.86. The fourth-order valence-corrected chi connectivity index (χ4v) is 1.91. The third kappa shape index (κ3) is 8.92. The Morgan fingerprint density at radius 2 is 1.59 bits per heavy atom. The molecule has 0 bridgehead atoms. The Morgan fingerprint density at radius 1 is 1.09 bits per heavy atom. The van der Waals surface area contributed by atoms with Crippen LogP contribution in [0.5, 0.6) is 0 Å². The standard InChI is InChI=1S/C15H26F3NO3/c1-3-4-5-6-7-8-9-10-11-22-14(21)12(19-2)13(20)15(16,17)18/h20H,2-11,19H2,1H3/b13-12+. The molecule has 0 radical (unpaired) electrons. The summed E-state index contributed by atoms with van der Waals surface area (Å²) in [6.07, 6.45) is 3.42. The van der Waals surface area contributed by atoms with E-state index in [4.69, 9.17) is 9.84 Å². The minimum absolute atomic E-state index is 0.0380. The molecule has 0 atom stereocenters. The zero-order chi connectivity index (χ0) is 17.0. The van der Waals surface area contributed by atoms with Gasteiger partial charge in [0.2, 0.25) is 5.70 Å². The van der Waals surface area contributed by atoms with Crippen molar-refractivity contribution in [3.63, 3.8) is 0 Å². The van der Waals surface area contributed by atoms with E-state index in [9.17, 15) is 18.0 Å². The summed E-state index contributed by atoms with van der Waals surface area (Å²) in [6, 6.07) is 0. The molecular weight excluding hydrogens is 299 g/mol. The molecule has 0 saturated heterocycles. The van der Waals surface area contributed by atoms with Gasteiger partial charge in [-0.05, 0) is 6.42 Å². The van der Waals surface area contributed by atoms with Crippen molar-refractivity contribution in [3.05, 3.63) is 18.5 Å². The lowest BCUT2D eigenvalue weighted by molar-refractivity contribution is -0.541. The van der Waals surface area contributed by atoms with Gasteiger partial charge < -0.3 is 15.2 Å². The van der Waals surface area contributed by atoms with E-state index in [2.05, 4.69) is 14.0 Å². The predicted octanol–water partition coefficient (Wildman–Crippen LogP) is 3.36. The van der Waals surface area contributed by atoms with Gasteiger partial charge in [0, 0.05) is 0 Å². The number of aliphatic hydroxyl groups is 1. The number of alkyl halides is 3.